The van der Waals surface area contributed by atoms with Crippen LogP contribution in [0.1, 0.15) is 24.8 Å². The number of halogens is 1. The maximum Gasteiger partial charge on any atom is 0.235 e. The van der Waals surface area contributed by atoms with E-state index < -0.39 is 38.9 Å². The molecule has 6 nitrogen and oxygen atoms in total. The molecule has 2 amide bonds. The highest BCUT2D eigenvalue weighted by Gasteiger charge is 2.56. The molecule has 1 heterocycles. The highest BCUT2D eigenvalue weighted by atomic mass is 32.2. The second kappa shape index (κ2) is 6.16. The number of rotatable bonds is 5. The van der Waals surface area contributed by atoms with Gasteiger partial charge in [-0.15, -0.1) is 0 Å². The Kier molecular flexibility index (Phi) is 4.33. The number of carbonyl (C=O) groups excluding carboxylic acids is 2. The fourth-order valence-electron chi connectivity index (χ4n) is 2.90. The molecule has 3 rings (SSSR count). The third kappa shape index (κ3) is 3.43. The normalized spacial score (nSPS) is 23.5. The van der Waals surface area contributed by atoms with Gasteiger partial charge in [0, 0.05) is 18.2 Å². The van der Waals surface area contributed by atoms with E-state index in [4.69, 9.17) is 0 Å². The van der Waals surface area contributed by atoms with Gasteiger partial charge in [0.25, 0.3) is 0 Å². The molecular weight excluding hydrogens is 335 g/mol. The number of carbonyl (C=O) groups is 2. The molecule has 1 saturated heterocycles. The predicted molar refractivity (Wildman–Crippen MR) is 85.1 cm³/mol. The third-order valence-electron chi connectivity index (χ3n) is 4.58. The molecule has 1 aliphatic heterocycles. The molecule has 0 radical (unpaired) electrons. The fourth-order valence-corrected chi connectivity index (χ4v) is 4.57. The van der Waals surface area contributed by atoms with Gasteiger partial charge in [0.1, 0.15) is 11.2 Å². The molecule has 1 atom stereocenters. The summed E-state index contributed by atoms with van der Waals surface area (Å²) >= 11 is 0. The van der Waals surface area contributed by atoms with Crippen LogP contribution in [0.2, 0.25) is 0 Å². The quantitative estimate of drug-likeness (QED) is 0.755. The Hall–Kier alpha value is -1.96. The summed E-state index contributed by atoms with van der Waals surface area (Å²) in [4.78, 5) is 24.7. The van der Waals surface area contributed by atoms with Crippen molar-refractivity contribution in [2.75, 3.05) is 11.5 Å². The number of benzene rings is 1. The summed E-state index contributed by atoms with van der Waals surface area (Å²) < 4.78 is 36.5. The van der Waals surface area contributed by atoms with Crippen molar-refractivity contribution in [3.05, 3.63) is 35.6 Å². The van der Waals surface area contributed by atoms with Gasteiger partial charge in [-0.2, -0.15) is 0 Å². The van der Waals surface area contributed by atoms with E-state index in [1.165, 1.54) is 6.07 Å². The minimum absolute atomic E-state index is 0.0122. The first-order chi connectivity index (χ1) is 11.3. The monoisotopic (exact) mass is 354 g/mol. The minimum Gasteiger partial charge on any atom is -0.351 e. The Balaban J connectivity index is 1.58. The molecule has 8 heteroatoms. The van der Waals surface area contributed by atoms with E-state index in [9.17, 15) is 22.4 Å². The van der Waals surface area contributed by atoms with Gasteiger partial charge in [-0.3, -0.25) is 9.59 Å². The molecule has 130 valence electrons. The second-order valence-corrected chi connectivity index (χ2v) is 8.66. The lowest BCUT2D eigenvalue weighted by atomic mass is 10.0. The number of nitrogens with one attached hydrogen (secondary N) is 2. The average Bonchev–Trinajstić information content (AvgIpc) is 3.27. The molecule has 1 saturated carbocycles. The van der Waals surface area contributed by atoms with E-state index in [1.807, 2.05) is 0 Å². The van der Waals surface area contributed by atoms with Crippen LogP contribution < -0.4 is 10.6 Å². The molecule has 1 aromatic rings. The van der Waals surface area contributed by atoms with Crippen LogP contribution >= 0.6 is 0 Å². The van der Waals surface area contributed by atoms with Crippen molar-refractivity contribution in [2.24, 2.45) is 5.41 Å². The molecule has 0 aromatic heterocycles. The lowest BCUT2D eigenvalue weighted by Crippen LogP contribution is -2.46. The zero-order valence-electron chi connectivity index (χ0n) is 13.0. The molecule has 0 spiro atoms. The van der Waals surface area contributed by atoms with Gasteiger partial charge in [-0.05, 0) is 25.3 Å². The van der Waals surface area contributed by atoms with Gasteiger partial charge in [-0.25, -0.2) is 12.8 Å². The van der Waals surface area contributed by atoms with Crippen LogP contribution in [0.25, 0.3) is 0 Å². The Morgan fingerprint density at radius 2 is 1.92 bits per heavy atom. The maximum absolute atomic E-state index is 13.6. The molecule has 1 aromatic carbocycles. The number of sulfone groups is 1. The molecule has 2 fully saturated rings. The van der Waals surface area contributed by atoms with Gasteiger partial charge in [0.05, 0.1) is 11.5 Å². The number of hydrogen-bond donors (Lipinski definition) is 2. The first-order valence-electron chi connectivity index (χ1n) is 7.85. The highest BCUT2D eigenvalue weighted by molar-refractivity contribution is 7.91. The number of hydrogen-bond acceptors (Lipinski definition) is 4. The van der Waals surface area contributed by atoms with Crippen molar-refractivity contribution in [3.63, 3.8) is 0 Å². The molecule has 1 aliphatic carbocycles. The molecule has 2 N–H and O–H groups in total. The van der Waals surface area contributed by atoms with Gasteiger partial charge in [0.2, 0.25) is 11.8 Å². The zero-order chi connectivity index (χ0) is 17.4. The zero-order valence-corrected chi connectivity index (χ0v) is 13.9. The average molecular weight is 354 g/mol. The fraction of sp³-hybridized carbons (Fsp3) is 0.500. The van der Waals surface area contributed by atoms with E-state index in [1.54, 1.807) is 18.2 Å². The summed E-state index contributed by atoms with van der Waals surface area (Å²) in [5.74, 6) is -1.31. The molecular formula is C16H19FN2O4S. The number of amides is 2. The van der Waals surface area contributed by atoms with E-state index in [2.05, 4.69) is 10.6 Å². The Morgan fingerprint density at radius 3 is 2.50 bits per heavy atom. The van der Waals surface area contributed by atoms with Crippen LogP contribution in [0.5, 0.6) is 0 Å². The predicted octanol–water partition coefficient (Wildman–Crippen LogP) is 0.525. The first-order valence-corrected chi connectivity index (χ1v) is 9.68. The van der Waals surface area contributed by atoms with Crippen molar-refractivity contribution in [3.8, 4) is 0 Å². The van der Waals surface area contributed by atoms with Crippen LogP contribution in [0.15, 0.2) is 24.3 Å². The van der Waals surface area contributed by atoms with Gasteiger partial charge >= 0.3 is 0 Å². The van der Waals surface area contributed by atoms with Gasteiger partial charge in [-0.1, -0.05) is 18.2 Å². The van der Waals surface area contributed by atoms with Crippen molar-refractivity contribution in [2.45, 2.75) is 31.8 Å². The topological polar surface area (TPSA) is 92.3 Å². The summed E-state index contributed by atoms with van der Waals surface area (Å²) in [5, 5.41) is 5.28. The molecule has 2 aliphatic rings. The van der Waals surface area contributed by atoms with E-state index in [0.717, 1.165) is 0 Å². The smallest absolute Gasteiger partial charge is 0.235 e. The van der Waals surface area contributed by atoms with Crippen molar-refractivity contribution in [1.29, 1.82) is 0 Å². The minimum atomic E-state index is -3.09. The molecule has 24 heavy (non-hydrogen) atoms. The van der Waals surface area contributed by atoms with Crippen LogP contribution in [0.4, 0.5) is 4.39 Å². The standard InChI is InChI=1S/C16H19FN2O4S/c17-13-4-2-1-3-11(13)9-18-14(20)16(6-7-16)15(21)19-12-5-8-24(22,23)10-12/h1-4,12H,5-10H2,(H,18,20)(H,19,21). The van der Waals surface area contributed by atoms with Crippen molar-refractivity contribution < 1.29 is 22.4 Å². The SMILES string of the molecule is O=C(NCc1ccccc1F)C1(C(=O)NC2CCS(=O)(=O)C2)CC1. The summed E-state index contributed by atoms with van der Waals surface area (Å²) in [6, 6.07) is 5.68. The van der Waals surface area contributed by atoms with Crippen molar-refractivity contribution >= 4 is 21.7 Å². The van der Waals surface area contributed by atoms with Crippen LogP contribution in [0, 0.1) is 11.2 Å². The first kappa shape index (κ1) is 16.9. The Morgan fingerprint density at radius 1 is 1.21 bits per heavy atom. The summed E-state index contributed by atoms with van der Waals surface area (Å²) in [7, 11) is -3.09. The van der Waals surface area contributed by atoms with Crippen LogP contribution in [-0.2, 0) is 26.0 Å². The third-order valence-corrected chi connectivity index (χ3v) is 6.35. The largest absolute Gasteiger partial charge is 0.351 e. The van der Waals surface area contributed by atoms with Crippen LogP contribution in [0.3, 0.4) is 0 Å². The second-order valence-electron chi connectivity index (χ2n) is 6.43. The maximum atomic E-state index is 13.6. The van der Waals surface area contributed by atoms with Crippen molar-refractivity contribution in [1.82, 2.24) is 10.6 Å². The van der Waals surface area contributed by atoms with E-state index >= 15 is 0 Å². The highest BCUT2D eigenvalue weighted by Crippen LogP contribution is 2.46. The Labute approximate surface area is 139 Å². The lowest BCUT2D eigenvalue weighted by Gasteiger charge is -2.18. The molecule has 0 bridgehead atoms. The molecule has 1 unspecified atom stereocenters. The lowest BCUT2D eigenvalue weighted by molar-refractivity contribution is -0.137. The van der Waals surface area contributed by atoms with E-state index in [0.29, 0.717) is 24.8 Å². The Bertz CT molecular complexity index is 774. The summed E-state index contributed by atoms with van der Waals surface area (Å²) in [5.41, 5.74) is -0.790. The summed E-state index contributed by atoms with van der Waals surface area (Å²) in [6.07, 6.45) is 1.21. The van der Waals surface area contributed by atoms with Crippen LogP contribution in [-0.4, -0.2) is 37.8 Å². The summed E-state index contributed by atoms with van der Waals surface area (Å²) in [6.45, 7) is 0.0122. The van der Waals surface area contributed by atoms with E-state index in [-0.39, 0.29) is 18.1 Å². The van der Waals surface area contributed by atoms with Gasteiger partial charge < -0.3 is 10.6 Å². The van der Waals surface area contributed by atoms with Gasteiger partial charge in [0.15, 0.2) is 9.84 Å².